The molecule has 7 aromatic rings. The van der Waals surface area contributed by atoms with Gasteiger partial charge in [-0.3, -0.25) is 14.4 Å². The molecule has 3 aromatic carbocycles. The maximum absolute atomic E-state index is 6.30. The average Bonchev–Trinajstić information content (AvgIpc) is 3.30. The van der Waals surface area contributed by atoms with E-state index in [1.165, 1.54) is 0 Å². The first kappa shape index (κ1) is 18.8. The van der Waals surface area contributed by atoms with Crippen molar-refractivity contribution in [2.24, 2.45) is 0 Å². The highest BCUT2D eigenvalue weighted by atomic mass is 16.5. The maximum Gasteiger partial charge on any atom is 0.147 e. The number of nitrogens with zero attached hydrogens (tertiary/aromatic N) is 4. The van der Waals surface area contributed by atoms with Gasteiger partial charge in [-0.25, -0.2) is 4.98 Å². The van der Waals surface area contributed by atoms with Gasteiger partial charge in [0.1, 0.15) is 17.1 Å². The Hall–Kier alpha value is -4.77. The second-order valence-corrected chi connectivity index (χ2v) is 8.18. The number of ether oxygens (including phenoxy) is 1. The van der Waals surface area contributed by atoms with Gasteiger partial charge in [0, 0.05) is 28.7 Å². The molecule has 4 aromatic heterocycles. The molecule has 0 aliphatic heterocycles. The summed E-state index contributed by atoms with van der Waals surface area (Å²) >= 11 is 0. The highest BCUT2D eigenvalue weighted by Crippen LogP contribution is 2.34. The fourth-order valence-corrected chi connectivity index (χ4v) is 4.60. The minimum absolute atomic E-state index is 0.751. The molecular weight excluding hydrogens is 420 g/mol. The third kappa shape index (κ3) is 2.91. The monoisotopic (exact) mass is 438 g/mol. The highest BCUT2D eigenvalue weighted by molar-refractivity contribution is 6.12. The summed E-state index contributed by atoms with van der Waals surface area (Å²) < 4.78 is 8.51. The predicted octanol–water partition coefficient (Wildman–Crippen LogP) is 7.04. The molecule has 0 amide bonds. The van der Waals surface area contributed by atoms with Gasteiger partial charge in [-0.15, -0.1) is 0 Å². The van der Waals surface area contributed by atoms with Gasteiger partial charge >= 0.3 is 0 Å². The quantitative estimate of drug-likeness (QED) is 0.278. The zero-order valence-electron chi connectivity index (χ0n) is 18.1. The molecule has 0 N–H and O–H groups in total. The van der Waals surface area contributed by atoms with Crippen molar-refractivity contribution in [2.45, 2.75) is 0 Å². The van der Waals surface area contributed by atoms with Crippen LogP contribution in [0.2, 0.25) is 0 Å². The maximum atomic E-state index is 6.30. The zero-order chi connectivity index (χ0) is 22.5. The molecule has 0 atom stereocenters. The van der Waals surface area contributed by atoms with Crippen molar-refractivity contribution in [3.8, 4) is 22.8 Å². The SMILES string of the molecule is c1ccc(-c2cccc(Oc3ccc4c(c3)c3ncccc3c3nc5ccccc5n43)c2)nc1. The van der Waals surface area contributed by atoms with Gasteiger partial charge < -0.3 is 4.74 Å². The summed E-state index contributed by atoms with van der Waals surface area (Å²) in [6, 6.07) is 32.3. The number of para-hydroxylation sites is 2. The Morgan fingerprint density at radius 2 is 1.50 bits per heavy atom. The summed E-state index contributed by atoms with van der Waals surface area (Å²) in [4.78, 5) is 14.1. The van der Waals surface area contributed by atoms with E-state index in [2.05, 4.69) is 33.7 Å². The average molecular weight is 438 g/mol. The summed E-state index contributed by atoms with van der Waals surface area (Å²) in [6.45, 7) is 0. The van der Waals surface area contributed by atoms with E-state index >= 15 is 0 Å². The first-order valence-corrected chi connectivity index (χ1v) is 11.1. The van der Waals surface area contributed by atoms with Gasteiger partial charge in [-0.1, -0.05) is 30.3 Å². The van der Waals surface area contributed by atoms with Crippen LogP contribution in [-0.4, -0.2) is 19.4 Å². The fourth-order valence-electron chi connectivity index (χ4n) is 4.60. The van der Waals surface area contributed by atoms with Crippen LogP contribution >= 0.6 is 0 Å². The van der Waals surface area contributed by atoms with E-state index in [9.17, 15) is 0 Å². The van der Waals surface area contributed by atoms with E-state index in [1.807, 2.05) is 79.0 Å². The van der Waals surface area contributed by atoms with Crippen LogP contribution < -0.4 is 4.74 Å². The van der Waals surface area contributed by atoms with E-state index in [0.717, 1.165) is 61.2 Å². The molecule has 0 fully saturated rings. The van der Waals surface area contributed by atoms with Gasteiger partial charge in [-0.05, 0) is 66.7 Å². The lowest BCUT2D eigenvalue weighted by Crippen LogP contribution is -1.94. The summed E-state index contributed by atoms with van der Waals surface area (Å²) in [5, 5.41) is 2.03. The Bertz CT molecular complexity index is 1840. The molecule has 4 heterocycles. The van der Waals surface area contributed by atoms with Crippen molar-refractivity contribution in [3.63, 3.8) is 0 Å². The molecule has 0 aliphatic carbocycles. The number of hydrogen-bond donors (Lipinski definition) is 0. The molecule has 7 rings (SSSR count). The molecule has 34 heavy (non-hydrogen) atoms. The van der Waals surface area contributed by atoms with E-state index in [-0.39, 0.29) is 0 Å². The number of aromatic nitrogens is 4. The molecule has 160 valence electrons. The third-order valence-corrected chi connectivity index (χ3v) is 6.10. The standard InChI is InChI=1S/C29H18N4O/c1-2-12-27-25(11-1)32-29-22-9-6-16-31-28(22)23-18-21(13-14-26(23)33(27)29)34-20-8-5-7-19(17-20)24-10-3-4-15-30-24/h1-18H. The molecule has 0 unspecified atom stereocenters. The molecule has 0 saturated carbocycles. The first-order chi connectivity index (χ1) is 16.8. The van der Waals surface area contributed by atoms with Gasteiger partial charge in [-0.2, -0.15) is 0 Å². The lowest BCUT2D eigenvalue weighted by atomic mass is 10.1. The van der Waals surface area contributed by atoms with Crippen LogP contribution in [0, 0.1) is 0 Å². The Labute approximate surface area is 194 Å². The molecule has 0 radical (unpaired) electrons. The molecule has 5 heteroatoms. The van der Waals surface area contributed by atoms with Crippen LogP contribution in [0.1, 0.15) is 0 Å². The van der Waals surface area contributed by atoms with Crippen LogP contribution in [-0.2, 0) is 0 Å². The predicted molar refractivity (Wildman–Crippen MR) is 135 cm³/mol. The third-order valence-electron chi connectivity index (χ3n) is 6.10. The van der Waals surface area contributed by atoms with Crippen molar-refractivity contribution in [2.75, 3.05) is 0 Å². The number of imidazole rings is 1. The van der Waals surface area contributed by atoms with Crippen LogP contribution in [0.5, 0.6) is 11.5 Å². The molecule has 0 saturated heterocycles. The Balaban J connectivity index is 1.41. The van der Waals surface area contributed by atoms with Crippen molar-refractivity contribution >= 4 is 38.5 Å². The van der Waals surface area contributed by atoms with E-state index < -0.39 is 0 Å². The van der Waals surface area contributed by atoms with Gasteiger partial charge in [0.25, 0.3) is 0 Å². The molecule has 0 spiro atoms. The summed E-state index contributed by atoms with van der Waals surface area (Å²) in [7, 11) is 0. The van der Waals surface area contributed by atoms with Crippen LogP contribution in [0.4, 0.5) is 0 Å². The Morgan fingerprint density at radius 1 is 0.618 bits per heavy atom. The summed E-state index contributed by atoms with van der Waals surface area (Å²) in [6.07, 6.45) is 3.62. The highest BCUT2D eigenvalue weighted by Gasteiger charge is 2.15. The summed E-state index contributed by atoms with van der Waals surface area (Å²) in [5.74, 6) is 1.51. The van der Waals surface area contributed by atoms with E-state index in [1.54, 1.807) is 6.20 Å². The molecule has 0 aliphatic rings. The largest absolute Gasteiger partial charge is 0.457 e. The second kappa shape index (κ2) is 7.39. The van der Waals surface area contributed by atoms with Gasteiger partial charge in [0.2, 0.25) is 0 Å². The minimum Gasteiger partial charge on any atom is -0.457 e. The molecule has 5 nitrogen and oxygen atoms in total. The Kier molecular flexibility index (Phi) is 4.08. The first-order valence-electron chi connectivity index (χ1n) is 11.1. The number of pyridine rings is 3. The molecular formula is C29H18N4O. The fraction of sp³-hybridized carbons (Fsp3) is 0. The second-order valence-electron chi connectivity index (χ2n) is 8.18. The lowest BCUT2D eigenvalue weighted by Gasteiger charge is -2.11. The van der Waals surface area contributed by atoms with Crippen LogP contribution in [0.25, 0.3) is 49.7 Å². The number of hydrogen-bond acceptors (Lipinski definition) is 4. The minimum atomic E-state index is 0.751. The Morgan fingerprint density at radius 3 is 2.44 bits per heavy atom. The number of fused-ring (bicyclic) bond motifs is 8. The van der Waals surface area contributed by atoms with Crippen LogP contribution in [0.15, 0.2) is 109 Å². The molecule has 0 bridgehead atoms. The normalized spacial score (nSPS) is 11.5. The van der Waals surface area contributed by atoms with Gasteiger partial charge in [0.05, 0.1) is 27.8 Å². The summed E-state index contributed by atoms with van der Waals surface area (Å²) in [5.41, 5.74) is 6.83. The van der Waals surface area contributed by atoms with Crippen molar-refractivity contribution in [3.05, 3.63) is 109 Å². The lowest BCUT2D eigenvalue weighted by molar-refractivity contribution is 0.483. The van der Waals surface area contributed by atoms with Crippen molar-refractivity contribution in [1.29, 1.82) is 0 Å². The van der Waals surface area contributed by atoms with Crippen molar-refractivity contribution < 1.29 is 4.74 Å². The smallest absolute Gasteiger partial charge is 0.147 e. The topological polar surface area (TPSA) is 52.3 Å². The van der Waals surface area contributed by atoms with E-state index in [0.29, 0.717) is 0 Å². The van der Waals surface area contributed by atoms with Crippen molar-refractivity contribution in [1.82, 2.24) is 19.4 Å². The van der Waals surface area contributed by atoms with E-state index in [4.69, 9.17) is 14.7 Å². The van der Waals surface area contributed by atoms with Crippen LogP contribution in [0.3, 0.4) is 0 Å². The number of benzene rings is 3. The zero-order valence-corrected chi connectivity index (χ0v) is 18.1. The number of rotatable bonds is 3. The van der Waals surface area contributed by atoms with Gasteiger partial charge in [0.15, 0.2) is 0 Å².